The molecule has 1 aliphatic heterocycles. The molecule has 1 saturated heterocycles. The molecule has 1 N–H and O–H groups in total. The molecule has 0 aromatic rings. The third-order valence-corrected chi connectivity index (χ3v) is 2.58. The van der Waals surface area contributed by atoms with E-state index in [-0.39, 0.29) is 12.5 Å². The number of aliphatic hydroxyl groups is 1. The normalized spacial score (nSPS) is 24.2. The van der Waals surface area contributed by atoms with Gasteiger partial charge in [0, 0.05) is 12.5 Å². The van der Waals surface area contributed by atoms with Crippen molar-refractivity contribution in [3.05, 3.63) is 0 Å². The van der Waals surface area contributed by atoms with Gasteiger partial charge in [-0.15, -0.1) is 0 Å². The Bertz CT molecular complexity index is 130. The second kappa shape index (κ2) is 4.21. The maximum Gasteiger partial charge on any atom is 0.170 e. The first-order valence-electron chi connectivity index (χ1n) is 4.64. The molecule has 0 amide bonds. The predicted octanol–water partition coefficient (Wildman–Crippen LogP) is 1.16. The van der Waals surface area contributed by atoms with E-state index in [1.165, 1.54) is 0 Å². The third kappa shape index (κ3) is 1.79. The fourth-order valence-corrected chi connectivity index (χ4v) is 1.72. The minimum atomic E-state index is -0.414. The molecule has 0 unspecified atom stereocenters. The van der Waals surface area contributed by atoms with Gasteiger partial charge in [0.15, 0.2) is 5.79 Å². The van der Waals surface area contributed by atoms with Gasteiger partial charge in [-0.1, -0.05) is 13.8 Å². The smallest absolute Gasteiger partial charge is 0.170 e. The Morgan fingerprint density at radius 3 is 2.42 bits per heavy atom. The van der Waals surface area contributed by atoms with Gasteiger partial charge in [-0.2, -0.15) is 0 Å². The lowest BCUT2D eigenvalue weighted by Gasteiger charge is -2.32. The second-order valence-corrected chi connectivity index (χ2v) is 3.28. The highest BCUT2D eigenvalue weighted by molar-refractivity contribution is 4.78. The first-order chi connectivity index (χ1) is 5.75. The molecular weight excluding hydrogens is 156 g/mol. The van der Waals surface area contributed by atoms with Crippen molar-refractivity contribution in [2.24, 2.45) is 5.92 Å². The highest BCUT2D eigenvalue weighted by atomic mass is 16.7. The zero-order chi connectivity index (χ0) is 9.03. The van der Waals surface area contributed by atoms with Crippen LogP contribution in [0.25, 0.3) is 0 Å². The zero-order valence-corrected chi connectivity index (χ0v) is 7.88. The predicted molar refractivity (Wildman–Crippen MR) is 45.8 cm³/mol. The topological polar surface area (TPSA) is 38.7 Å². The van der Waals surface area contributed by atoms with Crippen LogP contribution in [0.3, 0.4) is 0 Å². The summed E-state index contributed by atoms with van der Waals surface area (Å²) in [5.74, 6) is -0.141. The van der Waals surface area contributed by atoms with E-state index in [4.69, 9.17) is 14.6 Å². The van der Waals surface area contributed by atoms with Gasteiger partial charge in [0.2, 0.25) is 0 Å². The Balaban J connectivity index is 2.52. The molecule has 0 aliphatic carbocycles. The van der Waals surface area contributed by atoms with Gasteiger partial charge in [-0.25, -0.2) is 0 Å². The number of rotatable bonds is 4. The highest BCUT2D eigenvalue weighted by Gasteiger charge is 2.39. The van der Waals surface area contributed by atoms with Crippen molar-refractivity contribution in [2.45, 2.75) is 32.5 Å². The minimum absolute atomic E-state index is 0.204. The summed E-state index contributed by atoms with van der Waals surface area (Å²) in [5, 5.41) is 8.80. The monoisotopic (exact) mass is 174 g/mol. The molecule has 0 bridgehead atoms. The molecule has 1 atom stereocenters. The van der Waals surface area contributed by atoms with Crippen LogP contribution in [0.4, 0.5) is 0 Å². The van der Waals surface area contributed by atoms with E-state index in [1.54, 1.807) is 0 Å². The first-order valence-corrected chi connectivity index (χ1v) is 4.64. The van der Waals surface area contributed by atoms with E-state index in [0.717, 1.165) is 12.8 Å². The zero-order valence-electron chi connectivity index (χ0n) is 7.88. The SMILES string of the molecule is CCC1([C@@H](C)CCO)OCCO1. The summed E-state index contributed by atoms with van der Waals surface area (Å²) < 4.78 is 11.1. The lowest BCUT2D eigenvalue weighted by Crippen LogP contribution is -2.37. The Morgan fingerprint density at radius 2 is 2.00 bits per heavy atom. The van der Waals surface area contributed by atoms with E-state index in [9.17, 15) is 0 Å². The summed E-state index contributed by atoms with van der Waals surface area (Å²) in [6.45, 7) is 5.69. The minimum Gasteiger partial charge on any atom is -0.396 e. The van der Waals surface area contributed by atoms with Gasteiger partial charge < -0.3 is 14.6 Å². The summed E-state index contributed by atoms with van der Waals surface area (Å²) in [6, 6.07) is 0. The van der Waals surface area contributed by atoms with Crippen LogP contribution in [0.2, 0.25) is 0 Å². The van der Waals surface area contributed by atoms with Crippen LogP contribution in [-0.2, 0) is 9.47 Å². The summed E-state index contributed by atoms with van der Waals surface area (Å²) in [6.07, 6.45) is 1.60. The Hall–Kier alpha value is -0.120. The number of aliphatic hydroxyl groups excluding tert-OH is 1. The molecule has 1 heterocycles. The second-order valence-electron chi connectivity index (χ2n) is 3.28. The standard InChI is InChI=1S/C9H18O3/c1-3-9(8(2)4-5-10)11-6-7-12-9/h8,10H,3-7H2,1-2H3/t8-/m0/s1. The van der Waals surface area contributed by atoms with E-state index in [1.807, 2.05) is 0 Å². The summed E-state index contributed by atoms with van der Waals surface area (Å²) in [5.41, 5.74) is 0. The Labute approximate surface area is 73.7 Å². The lowest BCUT2D eigenvalue weighted by atomic mass is 9.95. The van der Waals surface area contributed by atoms with Crippen molar-refractivity contribution in [1.29, 1.82) is 0 Å². The average molecular weight is 174 g/mol. The van der Waals surface area contributed by atoms with Gasteiger partial charge in [0.1, 0.15) is 0 Å². The Morgan fingerprint density at radius 1 is 1.42 bits per heavy atom. The van der Waals surface area contributed by atoms with Crippen LogP contribution in [-0.4, -0.2) is 30.7 Å². The molecule has 1 aliphatic rings. The van der Waals surface area contributed by atoms with Crippen molar-refractivity contribution >= 4 is 0 Å². The number of hydrogen-bond donors (Lipinski definition) is 1. The number of hydrogen-bond acceptors (Lipinski definition) is 3. The molecule has 72 valence electrons. The van der Waals surface area contributed by atoms with Crippen molar-refractivity contribution in [1.82, 2.24) is 0 Å². The lowest BCUT2D eigenvalue weighted by molar-refractivity contribution is -0.196. The summed E-state index contributed by atoms with van der Waals surface area (Å²) >= 11 is 0. The molecule has 12 heavy (non-hydrogen) atoms. The van der Waals surface area contributed by atoms with Crippen LogP contribution in [0, 0.1) is 5.92 Å². The van der Waals surface area contributed by atoms with Crippen molar-refractivity contribution < 1.29 is 14.6 Å². The summed E-state index contributed by atoms with van der Waals surface area (Å²) in [7, 11) is 0. The van der Waals surface area contributed by atoms with Crippen LogP contribution in [0.5, 0.6) is 0 Å². The molecule has 0 aromatic carbocycles. The highest BCUT2D eigenvalue weighted by Crippen LogP contribution is 2.33. The third-order valence-electron chi connectivity index (χ3n) is 2.58. The average Bonchev–Trinajstić information content (AvgIpc) is 2.54. The molecule has 3 nitrogen and oxygen atoms in total. The van der Waals surface area contributed by atoms with Gasteiger partial charge >= 0.3 is 0 Å². The molecule has 3 heteroatoms. The Kier molecular flexibility index (Phi) is 3.50. The maximum absolute atomic E-state index is 8.80. The van der Waals surface area contributed by atoms with Crippen molar-refractivity contribution in [3.63, 3.8) is 0 Å². The molecular formula is C9H18O3. The molecule has 1 fully saturated rings. The fraction of sp³-hybridized carbons (Fsp3) is 1.00. The van der Waals surface area contributed by atoms with Crippen LogP contribution >= 0.6 is 0 Å². The van der Waals surface area contributed by atoms with E-state index < -0.39 is 5.79 Å². The van der Waals surface area contributed by atoms with E-state index in [2.05, 4.69) is 13.8 Å². The van der Waals surface area contributed by atoms with Crippen molar-refractivity contribution in [2.75, 3.05) is 19.8 Å². The number of ether oxygens (including phenoxy) is 2. The van der Waals surface area contributed by atoms with Crippen LogP contribution in [0.15, 0.2) is 0 Å². The van der Waals surface area contributed by atoms with E-state index in [0.29, 0.717) is 13.2 Å². The van der Waals surface area contributed by atoms with Crippen LogP contribution < -0.4 is 0 Å². The summed E-state index contributed by atoms with van der Waals surface area (Å²) in [4.78, 5) is 0. The molecule has 0 aromatic heterocycles. The first kappa shape index (κ1) is 9.96. The molecule has 0 spiro atoms. The van der Waals surface area contributed by atoms with Gasteiger partial charge in [-0.3, -0.25) is 0 Å². The van der Waals surface area contributed by atoms with Gasteiger partial charge in [0.25, 0.3) is 0 Å². The van der Waals surface area contributed by atoms with Gasteiger partial charge in [-0.05, 0) is 12.8 Å². The fourth-order valence-electron chi connectivity index (χ4n) is 1.72. The molecule has 0 radical (unpaired) electrons. The van der Waals surface area contributed by atoms with Gasteiger partial charge in [0.05, 0.1) is 13.2 Å². The van der Waals surface area contributed by atoms with Crippen molar-refractivity contribution in [3.8, 4) is 0 Å². The van der Waals surface area contributed by atoms with E-state index >= 15 is 0 Å². The van der Waals surface area contributed by atoms with Crippen LogP contribution in [0.1, 0.15) is 26.7 Å². The maximum atomic E-state index is 8.80. The molecule has 1 rings (SSSR count). The largest absolute Gasteiger partial charge is 0.396 e. The quantitative estimate of drug-likeness (QED) is 0.695. The molecule has 0 saturated carbocycles.